The Morgan fingerprint density at radius 2 is 2.07 bits per heavy atom. The second-order valence-corrected chi connectivity index (χ2v) is 3.48. The molecule has 0 aliphatic rings. The predicted octanol–water partition coefficient (Wildman–Crippen LogP) is 3.25. The summed E-state index contributed by atoms with van der Waals surface area (Å²) in [7, 11) is 0. The van der Waals surface area contributed by atoms with Crippen molar-refractivity contribution in [1.29, 1.82) is 0 Å². The zero-order chi connectivity index (χ0) is 9.97. The largest absolute Gasteiger partial charge is 0.236 e. The van der Waals surface area contributed by atoms with E-state index in [1.165, 1.54) is 0 Å². The Morgan fingerprint density at radius 3 is 2.79 bits per heavy atom. The van der Waals surface area contributed by atoms with Gasteiger partial charge in [0.15, 0.2) is 5.82 Å². The molecule has 69 valence electrons. The van der Waals surface area contributed by atoms with Gasteiger partial charge in [-0.25, -0.2) is 9.97 Å². The Labute approximate surface area is 91.5 Å². The van der Waals surface area contributed by atoms with Crippen molar-refractivity contribution in [3.8, 4) is 11.4 Å². The van der Waals surface area contributed by atoms with E-state index in [9.17, 15) is 0 Å². The molecule has 1 heterocycles. The van der Waals surface area contributed by atoms with Crippen molar-refractivity contribution in [1.82, 2.24) is 9.97 Å². The summed E-state index contributed by atoms with van der Waals surface area (Å²) in [6.45, 7) is 0. The predicted molar refractivity (Wildman–Crippen MR) is 56.3 cm³/mol. The second-order valence-electron chi connectivity index (χ2n) is 2.63. The van der Waals surface area contributed by atoms with Crippen LogP contribution in [0.5, 0.6) is 0 Å². The van der Waals surface area contributed by atoms with Crippen molar-refractivity contribution >= 4 is 23.2 Å². The van der Waals surface area contributed by atoms with E-state index in [0.717, 1.165) is 5.56 Å². The monoisotopic (exact) mass is 223 g/mol. The van der Waals surface area contributed by atoms with Gasteiger partial charge < -0.3 is 0 Å². The SMILES string of the molecule is Clc1ccc(Cl)c(-c2n[c]ccn2)c1. The van der Waals surface area contributed by atoms with Crippen molar-refractivity contribution in [3.05, 3.63) is 46.7 Å². The minimum Gasteiger partial charge on any atom is -0.236 e. The molecular weight excluding hydrogens is 219 g/mol. The van der Waals surface area contributed by atoms with E-state index in [1.54, 1.807) is 30.5 Å². The number of hydrogen-bond donors (Lipinski definition) is 0. The summed E-state index contributed by atoms with van der Waals surface area (Å²) in [6, 6.07) is 6.80. The van der Waals surface area contributed by atoms with Crippen LogP contribution in [0, 0.1) is 6.20 Å². The third kappa shape index (κ3) is 1.86. The average molecular weight is 224 g/mol. The molecule has 1 aromatic heterocycles. The number of benzene rings is 1. The number of aromatic nitrogens is 2. The van der Waals surface area contributed by atoms with Gasteiger partial charge in [-0.15, -0.1) is 0 Å². The van der Waals surface area contributed by atoms with Gasteiger partial charge in [-0.05, 0) is 24.3 Å². The normalized spacial score (nSPS) is 10.1. The van der Waals surface area contributed by atoms with Crippen molar-refractivity contribution < 1.29 is 0 Å². The molecule has 0 unspecified atom stereocenters. The Balaban J connectivity index is 2.57. The quantitative estimate of drug-likeness (QED) is 0.742. The summed E-state index contributed by atoms with van der Waals surface area (Å²) in [5.74, 6) is 0.528. The molecule has 2 rings (SSSR count). The van der Waals surface area contributed by atoms with Crippen LogP contribution in [0.1, 0.15) is 0 Å². The number of rotatable bonds is 1. The van der Waals surface area contributed by atoms with Gasteiger partial charge in [-0.2, -0.15) is 0 Å². The average Bonchev–Trinajstić information content (AvgIpc) is 2.23. The minimum absolute atomic E-state index is 0.528. The molecule has 0 amide bonds. The molecule has 0 atom stereocenters. The van der Waals surface area contributed by atoms with E-state index >= 15 is 0 Å². The standard InChI is InChI=1S/C10H5Cl2N2/c11-7-2-3-9(12)8(6-7)10-13-4-1-5-14-10/h1-4,6H. The van der Waals surface area contributed by atoms with E-state index in [4.69, 9.17) is 23.2 Å². The fraction of sp³-hybridized carbons (Fsp3) is 0. The summed E-state index contributed by atoms with van der Waals surface area (Å²) in [5.41, 5.74) is 0.719. The molecule has 1 aromatic carbocycles. The van der Waals surface area contributed by atoms with E-state index in [1.807, 2.05) is 0 Å². The highest BCUT2D eigenvalue weighted by atomic mass is 35.5. The third-order valence-electron chi connectivity index (χ3n) is 1.69. The fourth-order valence-corrected chi connectivity index (χ4v) is 1.44. The number of halogens is 2. The first-order valence-corrected chi connectivity index (χ1v) is 4.67. The lowest BCUT2D eigenvalue weighted by Gasteiger charge is -2.01. The highest BCUT2D eigenvalue weighted by Crippen LogP contribution is 2.27. The first-order valence-electron chi connectivity index (χ1n) is 3.92. The summed E-state index contributed by atoms with van der Waals surface area (Å²) >= 11 is 11.8. The molecule has 2 aromatic rings. The van der Waals surface area contributed by atoms with Crippen molar-refractivity contribution in [2.75, 3.05) is 0 Å². The van der Waals surface area contributed by atoms with E-state index in [0.29, 0.717) is 15.9 Å². The van der Waals surface area contributed by atoms with Gasteiger partial charge in [0.1, 0.15) is 0 Å². The van der Waals surface area contributed by atoms with Gasteiger partial charge in [0.25, 0.3) is 0 Å². The second kappa shape index (κ2) is 3.95. The lowest BCUT2D eigenvalue weighted by Crippen LogP contribution is -1.87. The smallest absolute Gasteiger partial charge is 0.161 e. The number of nitrogens with zero attached hydrogens (tertiary/aromatic N) is 2. The van der Waals surface area contributed by atoms with Crippen LogP contribution in [0.4, 0.5) is 0 Å². The molecular formula is C10H5Cl2N2. The van der Waals surface area contributed by atoms with Gasteiger partial charge >= 0.3 is 0 Å². The molecule has 1 radical (unpaired) electrons. The third-order valence-corrected chi connectivity index (χ3v) is 2.25. The van der Waals surface area contributed by atoms with Crippen molar-refractivity contribution in [3.63, 3.8) is 0 Å². The van der Waals surface area contributed by atoms with Crippen LogP contribution in [-0.4, -0.2) is 9.97 Å². The topological polar surface area (TPSA) is 25.8 Å². The maximum Gasteiger partial charge on any atom is 0.161 e. The Bertz CT molecular complexity index is 443. The number of hydrogen-bond acceptors (Lipinski definition) is 2. The fourth-order valence-electron chi connectivity index (χ4n) is 1.07. The van der Waals surface area contributed by atoms with Crippen LogP contribution in [0.15, 0.2) is 30.5 Å². The molecule has 0 saturated carbocycles. The van der Waals surface area contributed by atoms with E-state index in [2.05, 4.69) is 16.2 Å². The zero-order valence-electron chi connectivity index (χ0n) is 7.04. The maximum atomic E-state index is 5.98. The van der Waals surface area contributed by atoms with Crippen LogP contribution in [0.3, 0.4) is 0 Å². The summed E-state index contributed by atoms with van der Waals surface area (Å²) < 4.78 is 0. The van der Waals surface area contributed by atoms with Gasteiger partial charge in [0, 0.05) is 16.8 Å². The first kappa shape index (κ1) is 9.44. The van der Waals surface area contributed by atoms with Gasteiger partial charge in [0.05, 0.1) is 11.2 Å². The van der Waals surface area contributed by atoms with Crippen LogP contribution >= 0.6 is 23.2 Å². The summed E-state index contributed by atoms with van der Waals surface area (Å²) in [5, 5.41) is 1.19. The van der Waals surface area contributed by atoms with Crippen LogP contribution in [0.25, 0.3) is 11.4 Å². The Kier molecular flexibility index (Phi) is 2.66. The molecule has 0 saturated heterocycles. The lowest BCUT2D eigenvalue weighted by molar-refractivity contribution is 1.17. The molecule has 4 heteroatoms. The molecule has 0 spiro atoms. The molecule has 2 nitrogen and oxygen atoms in total. The molecule has 0 aliphatic heterocycles. The van der Waals surface area contributed by atoms with Gasteiger partial charge in [-0.3, -0.25) is 0 Å². The molecule has 0 bridgehead atoms. The molecule has 0 aliphatic carbocycles. The minimum atomic E-state index is 0.528. The van der Waals surface area contributed by atoms with Crippen LogP contribution in [-0.2, 0) is 0 Å². The Morgan fingerprint density at radius 1 is 1.21 bits per heavy atom. The lowest BCUT2D eigenvalue weighted by atomic mass is 10.2. The van der Waals surface area contributed by atoms with Gasteiger partial charge in [0.2, 0.25) is 0 Å². The Hall–Kier alpha value is -1.12. The van der Waals surface area contributed by atoms with Crippen LogP contribution < -0.4 is 0 Å². The maximum absolute atomic E-state index is 5.98. The highest BCUT2D eigenvalue weighted by Gasteiger charge is 2.05. The van der Waals surface area contributed by atoms with E-state index in [-0.39, 0.29) is 0 Å². The molecule has 14 heavy (non-hydrogen) atoms. The summed E-state index contributed by atoms with van der Waals surface area (Å²) in [6.07, 6.45) is 4.30. The summed E-state index contributed by atoms with van der Waals surface area (Å²) in [4.78, 5) is 8.04. The van der Waals surface area contributed by atoms with Gasteiger partial charge in [-0.1, -0.05) is 23.2 Å². The molecule has 0 fully saturated rings. The van der Waals surface area contributed by atoms with Crippen molar-refractivity contribution in [2.45, 2.75) is 0 Å². The zero-order valence-corrected chi connectivity index (χ0v) is 8.55. The van der Waals surface area contributed by atoms with Crippen LogP contribution in [0.2, 0.25) is 10.0 Å². The van der Waals surface area contributed by atoms with E-state index < -0.39 is 0 Å². The van der Waals surface area contributed by atoms with Crippen molar-refractivity contribution in [2.24, 2.45) is 0 Å². The molecule has 0 N–H and O–H groups in total. The first-order chi connectivity index (χ1) is 6.77. The highest BCUT2D eigenvalue weighted by molar-refractivity contribution is 6.35.